The van der Waals surface area contributed by atoms with Crippen molar-refractivity contribution in [2.24, 2.45) is 0 Å². The Morgan fingerprint density at radius 3 is 2.40 bits per heavy atom. The molecule has 0 bridgehead atoms. The summed E-state index contributed by atoms with van der Waals surface area (Å²) < 4.78 is 27.6. The third kappa shape index (κ3) is 3.08. The van der Waals surface area contributed by atoms with Crippen molar-refractivity contribution < 1.29 is 8.42 Å². The summed E-state index contributed by atoms with van der Waals surface area (Å²) in [6.45, 7) is 5.19. The van der Waals surface area contributed by atoms with Gasteiger partial charge in [-0.25, -0.2) is 8.42 Å². The first-order chi connectivity index (χ1) is 9.28. The van der Waals surface area contributed by atoms with Gasteiger partial charge < -0.3 is 5.32 Å². The first-order valence-electron chi connectivity index (χ1n) is 6.74. The summed E-state index contributed by atoms with van der Waals surface area (Å²) in [7, 11) is -1.48. The molecular weight excluding hydrogens is 340 g/mol. The van der Waals surface area contributed by atoms with Crippen molar-refractivity contribution in [1.29, 1.82) is 0 Å². The van der Waals surface area contributed by atoms with Crippen LogP contribution in [0.1, 0.15) is 25.3 Å². The lowest BCUT2D eigenvalue weighted by atomic mass is 9.91. The normalized spacial score (nSPS) is 20.0. The molecule has 1 heterocycles. The van der Waals surface area contributed by atoms with E-state index < -0.39 is 10.0 Å². The number of piperidine rings is 1. The van der Waals surface area contributed by atoms with Crippen molar-refractivity contribution in [3.8, 4) is 0 Å². The molecule has 1 aliphatic heterocycles. The van der Waals surface area contributed by atoms with Crippen molar-refractivity contribution in [2.45, 2.75) is 37.1 Å². The van der Waals surface area contributed by atoms with E-state index in [9.17, 15) is 8.42 Å². The summed E-state index contributed by atoms with van der Waals surface area (Å²) in [4.78, 5) is 0.358. The lowest BCUT2D eigenvalue weighted by Gasteiger charge is -2.38. The second-order valence-electron chi connectivity index (χ2n) is 5.65. The van der Waals surface area contributed by atoms with Gasteiger partial charge in [-0.2, -0.15) is 4.31 Å². The molecule has 1 N–H and O–H groups in total. The number of sulfonamides is 1. The first-order valence-corrected chi connectivity index (χ1v) is 8.97. The molecule has 2 rings (SSSR count). The van der Waals surface area contributed by atoms with Crippen molar-refractivity contribution in [1.82, 2.24) is 9.62 Å². The Morgan fingerprint density at radius 1 is 1.30 bits per heavy atom. The van der Waals surface area contributed by atoms with Crippen LogP contribution in [0.5, 0.6) is 0 Å². The third-order valence-electron chi connectivity index (χ3n) is 4.13. The lowest BCUT2D eigenvalue weighted by Crippen LogP contribution is -2.51. The topological polar surface area (TPSA) is 49.4 Å². The minimum Gasteiger partial charge on any atom is -0.314 e. The monoisotopic (exact) mass is 360 g/mol. The molecule has 1 aliphatic rings. The quantitative estimate of drug-likeness (QED) is 0.900. The highest BCUT2D eigenvalue weighted by Crippen LogP contribution is 2.30. The molecule has 20 heavy (non-hydrogen) atoms. The predicted molar refractivity (Wildman–Crippen MR) is 84.3 cm³/mol. The van der Waals surface area contributed by atoms with Crippen molar-refractivity contribution in [3.63, 3.8) is 0 Å². The van der Waals surface area contributed by atoms with E-state index in [2.05, 4.69) is 28.2 Å². The van der Waals surface area contributed by atoms with Crippen LogP contribution in [-0.4, -0.2) is 38.4 Å². The Hall–Kier alpha value is -0.430. The second-order valence-corrected chi connectivity index (χ2v) is 8.41. The molecule has 0 aromatic heterocycles. The summed E-state index contributed by atoms with van der Waals surface area (Å²) in [5.74, 6) is 0. The van der Waals surface area contributed by atoms with Gasteiger partial charge in [0.2, 0.25) is 10.0 Å². The Morgan fingerprint density at radius 2 is 1.90 bits per heavy atom. The van der Waals surface area contributed by atoms with Gasteiger partial charge in [0.25, 0.3) is 0 Å². The fourth-order valence-electron chi connectivity index (χ4n) is 2.42. The second kappa shape index (κ2) is 5.75. The molecular formula is C14H21BrN2O2S. The largest absolute Gasteiger partial charge is 0.314 e. The Balaban J connectivity index is 2.24. The van der Waals surface area contributed by atoms with Gasteiger partial charge >= 0.3 is 0 Å². The maximum absolute atomic E-state index is 12.7. The Bertz CT molecular complexity index is 593. The highest BCUT2D eigenvalue weighted by atomic mass is 79.9. The number of benzene rings is 1. The number of halogens is 1. The number of rotatable bonds is 3. The van der Waals surface area contributed by atoms with E-state index in [0.717, 1.165) is 18.4 Å². The van der Waals surface area contributed by atoms with Gasteiger partial charge in [-0.05, 0) is 67.4 Å². The van der Waals surface area contributed by atoms with Crippen LogP contribution in [0, 0.1) is 6.92 Å². The lowest BCUT2D eigenvalue weighted by molar-refractivity contribution is 0.219. The van der Waals surface area contributed by atoms with E-state index in [1.807, 2.05) is 26.1 Å². The van der Waals surface area contributed by atoms with Gasteiger partial charge in [0.1, 0.15) is 0 Å². The summed E-state index contributed by atoms with van der Waals surface area (Å²) in [5, 5.41) is 3.28. The molecule has 0 unspecified atom stereocenters. The van der Waals surface area contributed by atoms with Crippen LogP contribution in [0.4, 0.5) is 0 Å². The SMILES string of the molecule is CNC1(C)CCN(S(=O)(=O)c2ccc(C)cc2Br)CC1. The van der Waals surface area contributed by atoms with Crippen LogP contribution in [0.15, 0.2) is 27.6 Å². The van der Waals surface area contributed by atoms with Crippen LogP contribution in [0.3, 0.4) is 0 Å². The summed E-state index contributed by atoms with van der Waals surface area (Å²) in [6.07, 6.45) is 1.65. The van der Waals surface area contributed by atoms with E-state index in [-0.39, 0.29) is 5.54 Å². The van der Waals surface area contributed by atoms with Gasteiger partial charge in [0, 0.05) is 23.1 Å². The smallest absolute Gasteiger partial charge is 0.244 e. The summed E-state index contributed by atoms with van der Waals surface area (Å²) in [6, 6.07) is 5.36. The van der Waals surface area contributed by atoms with E-state index >= 15 is 0 Å². The molecule has 4 nitrogen and oxygen atoms in total. The van der Waals surface area contributed by atoms with Crippen molar-refractivity contribution in [2.75, 3.05) is 20.1 Å². The predicted octanol–water partition coefficient (Wildman–Crippen LogP) is 2.52. The van der Waals surface area contributed by atoms with Crippen LogP contribution >= 0.6 is 15.9 Å². The van der Waals surface area contributed by atoms with E-state index in [4.69, 9.17) is 0 Å². The zero-order valence-electron chi connectivity index (χ0n) is 12.1. The van der Waals surface area contributed by atoms with Crippen LogP contribution in [0.25, 0.3) is 0 Å². The van der Waals surface area contributed by atoms with Gasteiger partial charge in [0.15, 0.2) is 0 Å². The minimum absolute atomic E-state index is 0.0382. The summed E-state index contributed by atoms with van der Waals surface area (Å²) >= 11 is 3.37. The summed E-state index contributed by atoms with van der Waals surface area (Å²) in [5.41, 5.74) is 1.08. The molecule has 0 atom stereocenters. The fraction of sp³-hybridized carbons (Fsp3) is 0.571. The molecule has 0 saturated carbocycles. The van der Waals surface area contributed by atoms with E-state index in [1.165, 1.54) is 0 Å². The molecule has 0 spiro atoms. The Kier molecular flexibility index (Phi) is 4.59. The average Bonchev–Trinajstić information content (AvgIpc) is 2.39. The fourth-order valence-corrected chi connectivity index (χ4v) is 5.02. The van der Waals surface area contributed by atoms with Crippen LogP contribution in [-0.2, 0) is 10.0 Å². The standard InChI is InChI=1S/C14H21BrN2O2S/c1-11-4-5-13(12(15)10-11)20(18,19)17-8-6-14(2,16-3)7-9-17/h4-5,10,16H,6-9H2,1-3H3. The molecule has 0 aliphatic carbocycles. The molecule has 1 aromatic carbocycles. The van der Waals surface area contributed by atoms with E-state index in [0.29, 0.717) is 22.5 Å². The maximum Gasteiger partial charge on any atom is 0.244 e. The zero-order chi connectivity index (χ0) is 15.0. The molecule has 1 saturated heterocycles. The average molecular weight is 361 g/mol. The maximum atomic E-state index is 12.7. The number of aryl methyl sites for hydroxylation is 1. The highest BCUT2D eigenvalue weighted by molar-refractivity contribution is 9.10. The molecule has 1 aromatic rings. The molecule has 112 valence electrons. The number of nitrogens with zero attached hydrogens (tertiary/aromatic N) is 1. The number of nitrogens with one attached hydrogen (secondary N) is 1. The van der Waals surface area contributed by atoms with Gasteiger partial charge in [0.05, 0.1) is 4.90 Å². The third-order valence-corrected chi connectivity index (χ3v) is 7.01. The van der Waals surface area contributed by atoms with E-state index in [1.54, 1.807) is 10.4 Å². The zero-order valence-corrected chi connectivity index (χ0v) is 14.5. The highest BCUT2D eigenvalue weighted by Gasteiger charge is 2.35. The van der Waals surface area contributed by atoms with Gasteiger partial charge in [-0.1, -0.05) is 6.07 Å². The Labute approximate surface area is 129 Å². The van der Waals surface area contributed by atoms with Crippen LogP contribution in [0.2, 0.25) is 0 Å². The number of hydrogen-bond acceptors (Lipinski definition) is 3. The minimum atomic E-state index is -3.41. The van der Waals surface area contributed by atoms with Crippen molar-refractivity contribution in [3.05, 3.63) is 28.2 Å². The molecule has 6 heteroatoms. The van der Waals surface area contributed by atoms with Crippen molar-refractivity contribution >= 4 is 26.0 Å². The van der Waals surface area contributed by atoms with Gasteiger partial charge in [-0.15, -0.1) is 0 Å². The molecule has 0 radical (unpaired) electrons. The molecule has 0 amide bonds. The molecule has 1 fully saturated rings. The van der Waals surface area contributed by atoms with Crippen LogP contribution < -0.4 is 5.32 Å². The van der Waals surface area contributed by atoms with Gasteiger partial charge in [-0.3, -0.25) is 0 Å². The number of hydrogen-bond donors (Lipinski definition) is 1. The first kappa shape index (κ1) is 15.9.